The van der Waals surface area contributed by atoms with Crippen molar-refractivity contribution >= 4 is 5.91 Å². The van der Waals surface area contributed by atoms with Gasteiger partial charge in [-0.1, -0.05) is 19.9 Å². The summed E-state index contributed by atoms with van der Waals surface area (Å²) in [6, 6.07) is 0. The van der Waals surface area contributed by atoms with Crippen molar-refractivity contribution in [2.45, 2.75) is 33.1 Å². The summed E-state index contributed by atoms with van der Waals surface area (Å²) in [6.07, 6.45) is 4.52. The third-order valence-corrected chi connectivity index (χ3v) is 2.00. The van der Waals surface area contributed by atoms with Crippen molar-refractivity contribution in [2.75, 3.05) is 6.54 Å². The first-order valence-corrected chi connectivity index (χ1v) is 4.64. The second kappa shape index (κ2) is 6.89. The fraction of sp³-hybridized carbons (Fsp3) is 0.700. The molecule has 0 aromatic carbocycles. The zero-order valence-corrected chi connectivity index (χ0v) is 8.10. The number of rotatable bonds is 6. The molecule has 12 heavy (non-hydrogen) atoms. The van der Waals surface area contributed by atoms with E-state index in [1.807, 2.05) is 19.9 Å². The van der Waals surface area contributed by atoms with Crippen LogP contribution in [0.15, 0.2) is 12.7 Å². The molecule has 0 unspecified atom stereocenters. The summed E-state index contributed by atoms with van der Waals surface area (Å²) >= 11 is 0. The number of hydrogen-bond donors (Lipinski definition) is 1. The fourth-order valence-electron chi connectivity index (χ4n) is 1.10. The van der Waals surface area contributed by atoms with Crippen LogP contribution in [0.3, 0.4) is 0 Å². The van der Waals surface area contributed by atoms with Gasteiger partial charge in [0.15, 0.2) is 0 Å². The number of carbonyl (C=O) groups excluding carboxylic acids is 1. The summed E-state index contributed by atoms with van der Waals surface area (Å²) in [7, 11) is 0. The molecule has 0 aliphatic carbocycles. The van der Waals surface area contributed by atoms with E-state index in [4.69, 9.17) is 0 Å². The third kappa shape index (κ3) is 4.16. The lowest BCUT2D eigenvalue weighted by molar-refractivity contribution is -0.125. The fourth-order valence-corrected chi connectivity index (χ4v) is 1.10. The van der Waals surface area contributed by atoms with Crippen LogP contribution in [-0.2, 0) is 4.79 Å². The molecule has 0 atom stereocenters. The summed E-state index contributed by atoms with van der Waals surface area (Å²) in [4.78, 5) is 11.3. The second-order valence-electron chi connectivity index (χ2n) is 2.88. The van der Waals surface area contributed by atoms with Crippen LogP contribution in [0.25, 0.3) is 0 Å². The van der Waals surface area contributed by atoms with Gasteiger partial charge in [-0.3, -0.25) is 4.79 Å². The molecule has 0 aliphatic rings. The lowest BCUT2D eigenvalue weighted by atomic mass is 10.0. The minimum atomic E-state index is 0.182. The number of nitrogens with one attached hydrogen (secondary N) is 1. The molecule has 0 saturated heterocycles. The van der Waals surface area contributed by atoms with E-state index in [0.29, 0.717) is 0 Å². The van der Waals surface area contributed by atoms with Crippen molar-refractivity contribution in [3.05, 3.63) is 12.7 Å². The van der Waals surface area contributed by atoms with Gasteiger partial charge >= 0.3 is 0 Å². The first kappa shape index (κ1) is 11.2. The summed E-state index contributed by atoms with van der Waals surface area (Å²) in [5, 5.41) is 2.88. The molecular formula is C10H19NO. The van der Waals surface area contributed by atoms with Crippen molar-refractivity contribution in [2.24, 2.45) is 5.92 Å². The van der Waals surface area contributed by atoms with Crippen molar-refractivity contribution < 1.29 is 4.79 Å². The third-order valence-electron chi connectivity index (χ3n) is 2.00. The minimum Gasteiger partial charge on any atom is -0.356 e. The molecule has 0 radical (unpaired) electrons. The summed E-state index contributed by atoms with van der Waals surface area (Å²) in [5.74, 6) is 0.372. The van der Waals surface area contributed by atoms with Crippen molar-refractivity contribution in [1.82, 2.24) is 5.32 Å². The molecule has 0 bridgehead atoms. The van der Waals surface area contributed by atoms with Gasteiger partial charge in [0.25, 0.3) is 0 Å². The molecule has 0 saturated carbocycles. The molecule has 2 heteroatoms. The first-order chi connectivity index (χ1) is 5.76. The highest BCUT2D eigenvalue weighted by atomic mass is 16.1. The lowest BCUT2D eigenvalue weighted by Crippen LogP contribution is -2.30. The van der Waals surface area contributed by atoms with Gasteiger partial charge in [-0.25, -0.2) is 0 Å². The molecule has 2 nitrogen and oxygen atoms in total. The molecule has 0 aromatic rings. The number of hydrogen-bond acceptors (Lipinski definition) is 1. The van der Waals surface area contributed by atoms with Gasteiger partial charge in [-0.05, 0) is 19.3 Å². The molecule has 0 aromatic heterocycles. The topological polar surface area (TPSA) is 29.1 Å². The summed E-state index contributed by atoms with van der Waals surface area (Å²) in [6.45, 7) is 8.40. The van der Waals surface area contributed by atoms with E-state index in [0.717, 1.165) is 25.8 Å². The summed E-state index contributed by atoms with van der Waals surface area (Å²) in [5.41, 5.74) is 0. The Balaban J connectivity index is 3.61. The molecule has 1 N–H and O–H groups in total. The maximum absolute atomic E-state index is 11.3. The molecule has 70 valence electrons. The quantitative estimate of drug-likeness (QED) is 0.479. The number of carbonyl (C=O) groups is 1. The van der Waals surface area contributed by atoms with Gasteiger partial charge in [-0.15, -0.1) is 6.58 Å². The Kier molecular flexibility index (Phi) is 6.44. The van der Waals surface area contributed by atoms with E-state index >= 15 is 0 Å². The first-order valence-electron chi connectivity index (χ1n) is 4.64. The molecule has 0 rings (SSSR count). The Morgan fingerprint density at radius 3 is 2.50 bits per heavy atom. The highest BCUT2D eigenvalue weighted by Crippen LogP contribution is 2.06. The zero-order valence-electron chi connectivity index (χ0n) is 8.10. The van der Waals surface area contributed by atoms with Crippen molar-refractivity contribution in [3.63, 3.8) is 0 Å². The van der Waals surface area contributed by atoms with E-state index in [-0.39, 0.29) is 11.8 Å². The normalized spacial score (nSPS) is 9.92. The molecule has 0 fully saturated rings. The standard InChI is InChI=1S/C10H19NO/c1-4-7-8-11-10(12)9(5-2)6-3/h4,9H,1,5-8H2,2-3H3,(H,11,12). The SMILES string of the molecule is C=CCCNC(=O)C(CC)CC. The van der Waals surface area contributed by atoms with Gasteiger partial charge in [-0.2, -0.15) is 0 Å². The zero-order chi connectivity index (χ0) is 9.40. The van der Waals surface area contributed by atoms with Crippen molar-refractivity contribution in [3.8, 4) is 0 Å². The highest BCUT2D eigenvalue weighted by Gasteiger charge is 2.12. The van der Waals surface area contributed by atoms with E-state index < -0.39 is 0 Å². The Morgan fingerprint density at radius 2 is 2.08 bits per heavy atom. The molecule has 0 spiro atoms. The van der Waals surface area contributed by atoms with Gasteiger partial charge < -0.3 is 5.32 Å². The van der Waals surface area contributed by atoms with Crippen LogP contribution in [0.5, 0.6) is 0 Å². The van der Waals surface area contributed by atoms with Gasteiger partial charge in [0.1, 0.15) is 0 Å². The maximum atomic E-state index is 11.3. The van der Waals surface area contributed by atoms with Crippen LogP contribution in [-0.4, -0.2) is 12.5 Å². The minimum absolute atomic E-state index is 0.182. The monoisotopic (exact) mass is 169 g/mol. The molecule has 0 aliphatic heterocycles. The smallest absolute Gasteiger partial charge is 0.223 e. The lowest BCUT2D eigenvalue weighted by Gasteiger charge is -2.11. The predicted molar refractivity (Wildman–Crippen MR) is 51.9 cm³/mol. The van der Waals surface area contributed by atoms with E-state index in [1.165, 1.54) is 0 Å². The van der Waals surface area contributed by atoms with E-state index in [2.05, 4.69) is 11.9 Å². The van der Waals surface area contributed by atoms with Crippen LogP contribution >= 0.6 is 0 Å². The van der Waals surface area contributed by atoms with E-state index in [1.54, 1.807) is 0 Å². The summed E-state index contributed by atoms with van der Waals surface area (Å²) < 4.78 is 0. The van der Waals surface area contributed by atoms with Gasteiger partial charge in [0, 0.05) is 12.5 Å². The van der Waals surface area contributed by atoms with E-state index in [9.17, 15) is 4.79 Å². The van der Waals surface area contributed by atoms with Gasteiger partial charge in [0.05, 0.1) is 0 Å². The molecule has 1 amide bonds. The van der Waals surface area contributed by atoms with Crippen LogP contribution < -0.4 is 5.32 Å². The van der Waals surface area contributed by atoms with Gasteiger partial charge in [0.2, 0.25) is 5.91 Å². The molecular weight excluding hydrogens is 150 g/mol. The average molecular weight is 169 g/mol. The molecule has 0 heterocycles. The van der Waals surface area contributed by atoms with Crippen LogP contribution in [0, 0.1) is 5.92 Å². The van der Waals surface area contributed by atoms with Crippen molar-refractivity contribution in [1.29, 1.82) is 0 Å². The number of amides is 1. The Labute approximate surface area is 75.0 Å². The van der Waals surface area contributed by atoms with Crippen LogP contribution in [0.1, 0.15) is 33.1 Å². The van der Waals surface area contributed by atoms with Crippen LogP contribution in [0.2, 0.25) is 0 Å². The predicted octanol–water partition coefficient (Wildman–Crippen LogP) is 2.11. The largest absolute Gasteiger partial charge is 0.356 e. The average Bonchev–Trinajstić information content (AvgIpc) is 2.07. The maximum Gasteiger partial charge on any atom is 0.223 e. The Morgan fingerprint density at radius 1 is 1.50 bits per heavy atom. The Bertz CT molecular complexity index is 139. The van der Waals surface area contributed by atoms with Crippen LogP contribution in [0.4, 0.5) is 0 Å². The Hall–Kier alpha value is -0.790. The second-order valence-corrected chi connectivity index (χ2v) is 2.88. The highest BCUT2D eigenvalue weighted by molar-refractivity contribution is 5.78.